The van der Waals surface area contributed by atoms with E-state index in [1.54, 1.807) is 5.57 Å². The van der Waals surface area contributed by atoms with Gasteiger partial charge in [-0.1, -0.05) is 66.0 Å². The van der Waals surface area contributed by atoms with Crippen LogP contribution in [0.4, 0.5) is 0 Å². The zero-order valence-electron chi connectivity index (χ0n) is 21.2. The number of fused-ring (bicyclic) bond motifs is 5. The van der Waals surface area contributed by atoms with Gasteiger partial charge in [-0.3, -0.25) is 0 Å². The average molecular weight is 431 g/mol. The largest absolute Gasteiger partial charge is 0.393 e. The molecule has 2 N–H and O–H groups in total. The molecule has 4 rings (SSSR count). The Hall–Kier alpha value is -0.340. The highest BCUT2D eigenvalue weighted by Crippen LogP contribution is 2.66. The van der Waals surface area contributed by atoms with Gasteiger partial charge < -0.3 is 10.2 Å². The van der Waals surface area contributed by atoms with Gasteiger partial charge >= 0.3 is 0 Å². The summed E-state index contributed by atoms with van der Waals surface area (Å²) in [6, 6.07) is 0. The topological polar surface area (TPSA) is 40.5 Å². The molecule has 4 aliphatic carbocycles. The molecule has 4 aliphatic rings. The minimum atomic E-state index is -0.258. The molecule has 0 heterocycles. The molecular formula is C29H50O2. The Bertz CT molecular complexity index is 668. The molecule has 0 aromatic rings. The van der Waals surface area contributed by atoms with E-state index in [-0.39, 0.29) is 17.6 Å². The van der Waals surface area contributed by atoms with Gasteiger partial charge in [-0.05, 0) is 97.7 Å². The summed E-state index contributed by atoms with van der Waals surface area (Å²) in [5, 5.41) is 21.6. The third-order valence-corrected chi connectivity index (χ3v) is 11.2. The van der Waals surface area contributed by atoms with Crippen molar-refractivity contribution in [3.63, 3.8) is 0 Å². The Morgan fingerprint density at radius 2 is 1.74 bits per heavy atom. The molecule has 0 aromatic heterocycles. The van der Waals surface area contributed by atoms with Crippen LogP contribution < -0.4 is 0 Å². The maximum absolute atomic E-state index is 11.3. The Balaban J connectivity index is 1.51. The molecule has 0 radical (unpaired) electrons. The summed E-state index contributed by atoms with van der Waals surface area (Å²) in [6.07, 6.45) is 14.2. The highest BCUT2D eigenvalue weighted by molar-refractivity contribution is 5.32. The first-order valence-electron chi connectivity index (χ1n) is 13.7. The monoisotopic (exact) mass is 430 g/mol. The standard InChI is InChI=1S/C29H50O2/c1-7-20(18(2)3)9-8-19(4)27-26(31)17-25-23-11-10-21-16-22(30)12-14-28(21,5)24(23)13-15-29(25,27)6/h17-24,26-27,30-31H,7-16H2,1-6H3/t19-,20?,21?,22?,23-,24+,26?,27+,28+,29+/m1/s1. The van der Waals surface area contributed by atoms with Crippen LogP contribution in [0, 0.1) is 52.3 Å². The first kappa shape index (κ1) is 23.8. The third kappa shape index (κ3) is 3.96. The van der Waals surface area contributed by atoms with Crippen molar-refractivity contribution >= 4 is 0 Å². The Kier molecular flexibility index (Phi) is 6.75. The quantitative estimate of drug-likeness (QED) is 0.446. The Morgan fingerprint density at radius 3 is 2.42 bits per heavy atom. The number of aliphatic hydroxyl groups is 2. The predicted octanol–water partition coefficient (Wildman–Crippen LogP) is 7.00. The second-order valence-electron chi connectivity index (χ2n) is 13.0. The summed E-state index contributed by atoms with van der Waals surface area (Å²) in [6.45, 7) is 14.6. The summed E-state index contributed by atoms with van der Waals surface area (Å²) in [7, 11) is 0. The Morgan fingerprint density at radius 1 is 1.00 bits per heavy atom. The number of aliphatic hydroxyl groups excluding tert-OH is 2. The van der Waals surface area contributed by atoms with Crippen molar-refractivity contribution in [3.05, 3.63) is 11.6 Å². The van der Waals surface area contributed by atoms with E-state index in [1.165, 1.54) is 51.4 Å². The van der Waals surface area contributed by atoms with E-state index in [0.29, 0.717) is 29.1 Å². The lowest BCUT2D eigenvalue weighted by Crippen LogP contribution is -2.52. The molecule has 4 unspecified atom stereocenters. The van der Waals surface area contributed by atoms with E-state index in [4.69, 9.17) is 0 Å². The molecule has 10 atom stereocenters. The lowest BCUT2D eigenvalue weighted by Gasteiger charge is -2.59. The molecule has 2 nitrogen and oxygen atoms in total. The zero-order chi connectivity index (χ0) is 22.6. The van der Waals surface area contributed by atoms with Crippen molar-refractivity contribution in [2.24, 2.45) is 52.3 Å². The van der Waals surface area contributed by atoms with E-state index >= 15 is 0 Å². The van der Waals surface area contributed by atoms with Crippen LogP contribution >= 0.6 is 0 Å². The van der Waals surface area contributed by atoms with Crippen LogP contribution in [0.25, 0.3) is 0 Å². The van der Waals surface area contributed by atoms with Crippen molar-refractivity contribution in [1.82, 2.24) is 0 Å². The smallest absolute Gasteiger partial charge is 0.0762 e. The van der Waals surface area contributed by atoms with Crippen LogP contribution in [0.15, 0.2) is 11.6 Å². The molecule has 31 heavy (non-hydrogen) atoms. The first-order valence-corrected chi connectivity index (χ1v) is 13.7. The molecule has 0 spiro atoms. The van der Waals surface area contributed by atoms with Crippen LogP contribution in [0.1, 0.15) is 106 Å². The lowest BCUT2D eigenvalue weighted by molar-refractivity contribution is -0.0888. The molecule has 3 fully saturated rings. The van der Waals surface area contributed by atoms with E-state index in [9.17, 15) is 10.2 Å². The molecule has 0 amide bonds. The normalized spacial score (nSPS) is 46.7. The Labute approximate surface area is 192 Å². The minimum Gasteiger partial charge on any atom is -0.393 e. The van der Waals surface area contributed by atoms with Crippen LogP contribution in [-0.2, 0) is 0 Å². The summed E-state index contributed by atoms with van der Waals surface area (Å²) in [5.41, 5.74) is 2.22. The number of hydrogen-bond acceptors (Lipinski definition) is 2. The predicted molar refractivity (Wildman–Crippen MR) is 130 cm³/mol. The molecule has 3 saturated carbocycles. The third-order valence-electron chi connectivity index (χ3n) is 11.2. The number of rotatable bonds is 6. The van der Waals surface area contributed by atoms with Gasteiger partial charge in [-0.25, -0.2) is 0 Å². The molecule has 2 heteroatoms. The minimum absolute atomic E-state index is 0.0704. The van der Waals surface area contributed by atoms with Gasteiger partial charge in [0.25, 0.3) is 0 Å². The molecule has 0 bridgehead atoms. The second kappa shape index (κ2) is 8.79. The molecule has 0 aliphatic heterocycles. The highest BCUT2D eigenvalue weighted by Gasteiger charge is 2.59. The number of hydrogen-bond donors (Lipinski definition) is 2. The highest BCUT2D eigenvalue weighted by atomic mass is 16.3. The van der Waals surface area contributed by atoms with Gasteiger partial charge in [-0.15, -0.1) is 0 Å². The van der Waals surface area contributed by atoms with Gasteiger partial charge in [0.05, 0.1) is 12.2 Å². The first-order chi connectivity index (χ1) is 14.6. The van der Waals surface area contributed by atoms with E-state index < -0.39 is 0 Å². The van der Waals surface area contributed by atoms with Crippen LogP contribution in [0.3, 0.4) is 0 Å². The van der Waals surface area contributed by atoms with Crippen molar-refractivity contribution in [2.45, 2.75) is 118 Å². The fourth-order valence-electron chi connectivity index (χ4n) is 9.27. The van der Waals surface area contributed by atoms with Gasteiger partial charge in [0, 0.05) is 5.92 Å². The van der Waals surface area contributed by atoms with Crippen molar-refractivity contribution < 1.29 is 10.2 Å². The van der Waals surface area contributed by atoms with Crippen LogP contribution in [0.2, 0.25) is 0 Å². The zero-order valence-corrected chi connectivity index (χ0v) is 21.2. The summed E-state index contributed by atoms with van der Waals surface area (Å²) < 4.78 is 0. The summed E-state index contributed by atoms with van der Waals surface area (Å²) in [5.74, 6) is 4.67. The van der Waals surface area contributed by atoms with Crippen LogP contribution in [-0.4, -0.2) is 22.4 Å². The van der Waals surface area contributed by atoms with Gasteiger partial charge in [0.15, 0.2) is 0 Å². The summed E-state index contributed by atoms with van der Waals surface area (Å²) in [4.78, 5) is 0. The second-order valence-corrected chi connectivity index (χ2v) is 13.0. The van der Waals surface area contributed by atoms with Crippen molar-refractivity contribution in [3.8, 4) is 0 Å². The van der Waals surface area contributed by atoms with Crippen molar-refractivity contribution in [2.75, 3.05) is 0 Å². The maximum Gasteiger partial charge on any atom is 0.0762 e. The van der Waals surface area contributed by atoms with Crippen LogP contribution in [0.5, 0.6) is 0 Å². The van der Waals surface area contributed by atoms with E-state index in [1.807, 2.05) is 0 Å². The summed E-state index contributed by atoms with van der Waals surface area (Å²) >= 11 is 0. The van der Waals surface area contributed by atoms with Gasteiger partial charge in [0.1, 0.15) is 0 Å². The SMILES string of the molecule is CCC(CC[C@@H](C)[C@H]1C(O)C=C2[C@@H]3CCC4CC(O)CC[C@]4(C)[C@H]3CC[C@@]21C)C(C)C. The maximum atomic E-state index is 11.3. The molecule has 0 saturated heterocycles. The van der Waals surface area contributed by atoms with Gasteiger partial charge in [0.2, 0.25) is 0 Å². The lowest BCUT2D eigenvalue weighted by atomic mass is 9.45. The van der Waals surface area contributed by atoms with Gasteiger partial charge in [-0.2, -0.15) is 0 Å². The average Bonchev–Trinajstić information content (AvgIpc) is 2.98. The fourth-order valence-corrected chi connectivity index (χ4v) is 9.27. The van der Waals surface area contributed by atoms with E-state index in [0.717, 1.165) is 30.6 Å². The molecule has 0 aromatic carbocycles. The molecule has 178 valence electrons. The number of allylic oxidation sites excluding steroid dienone is 1. The van der Waals surface area contributed by atoms with E-state index in [2.05, 4.69) is 47.6 Å². The fraction of sp³-hybridized carbons (Fsp3) is 0.931. The molecular weight excluding hydrogens is 380 g/mol. The van der Waals surface area contributed by atoms with Crippen molar-refractivity contribution in [1.29, 1.82) is 0 Å².